The SMILES string of the molecule is Cc1[nH]c(=O)sc1S(=O)(=O)NCc1cccs1. The van der Waals surface area contributed by atoms with Crippen LogP contribution >= 0.6 is 22.7 Å². The fourth-order valence-corrected chi connectivity index (χ4v) is 4.38. The molecule has 0 spiro atoms. The Hall–Kier alpha value is -0.960. The van der Waals surface area contributed by atoms with Gasteiger partial charge in [0.1, 0.15) is 0 Å². The normalized spacial score (nSPS) is 11.8. The summed E-state index contributed by atoms with van der Waals surface area (Å²) in [5.74, 6) is 0. The Bertz CT molecular complexity index is 652. The van der Waals surface area contributed by atoms with E-state index in [-0.39, 0.29) is 15.6 Å². The lowest BCUT2D eigenvalue weighted by Gasteiger charge is -2.03. The van der Waals surface area contributed by atoms with Gasteiger partial charge in [-0.1, -0.05) is 17.4 Å². The standard InChI is InChI=1S/C9H10N2O3S3/c1-6-8(16-9(12)11-6)17(13,14)10-5-7-3-2-4-15-7/h2-4,10H,5H2,1H3,(H,11,12). The molecule has 2 aromatic heterocycles. The molecule has 2 heterocycles. The molecule has 0 bridgehead atoms. The Morgan fingerprint density at radius 1 is 1.47 bits per heavy atom. The van der Waals surface area contributed by atoms with E-state index < -0.39 is 10.0 Å². The van der Waals surface area contributed by atoms with Crippen LogP contribution in [0.15, 0.2) is 26.5 Å². The minimum atomic E-state index is -3.60. The maximum Gasteiger partial charge on any atom is 0.305 e. The van der Waals surface area contributed by atoms with Crippen LogP contribution in [0.1, 0.15) is 10.6 Å². The van der Waals surface area contributed by atoms with Crippen molar-refractivity contribution in [2.75, 3.05) is 0 Å². The van der Waals surface area contributed by atoms with Crippen molar-refractivity contribution >= 4 is 32.7 Å². The highest BCUT2D eigenvalue weighted by molar-refractivity contribution is 7.91. The minimum Gasteiger partial charge on any atom is -0.315 e. The maximum absolute atomic E-state index is 11.9. The van der Waals surface area contributed by atoms with Crippen molar-refractivity contribution in [1.82, 2.24) is 9.71 Å². The van der Waals surface area contributed by atoms with Gasteiger partial charge >= 0.3 is 4.87 Å². The summed E-state index contributed by atoms with van der Waals surface area (Å²) in [7, 11) is -3.60. The van der Waals surface area contributed by atoms with E-state index in [1.54, 1.807) is 6.92 Å². The predicted octanol–water partition coefficient (Wildman–Crippen LogP) is 1.28. The number of aromatic amines is 1. The zero-order valence-electron chi connectivity index (χ0n) is 8.89. The number of hydrogen-bond donors (Lipinski definition) is 2. The Kier molecular flexibility index (Phi) is 3.48. The van der Waals surface area contributed by atoms with Gasteiger partial charge < -0.3 is 4.98 Å². The summed E-state index contributed by atoms with van der Waals surface area (Å²) in [4.78, 5) is 14.1. The van der Waals surface area contributed by atoms with Crippen molar-refractivity contribution in [1.29, 1.82) is 0 Å². The van der Waals surface area contributed by atoms with Gasteiger partial charge in [-0.2, -0.15) is 0 Å². The summed E-state index contributed by atoms with van der Waals surface area (Å²) in [6.07, 6.45) is 0. The van der Waals surface area contributed by atoms with Gasteiger partial charge in [0.15, 0.2) is 4.21 Å². The highest BCUT2D eigenvalue weighted by Crippen LogP contribution is 2.16. The molecule has 17 heavy (non-hydrogen) atoms. The van der Waals surface area contributed by atoms with Crippen LogP contribution in [-0.2, 0) is 16.6 Å². The number of thiazole rings is 1. The molecule has 5 nitrogen and oxygen atoms in total. The first-order chi connectivity index (χ1) is 7.99. The molecule has 8 heteroatoms. The molecule has 0 unspecified atom stereocenters. The molecule has 0 radical (unpaired) electrons. The van der Waals surface area contributed by atoms with E-state index in [0.29, 0.717) is 17.0 Å². The lowest BCUT2D eigenvalue weighted by Crippen LogP contribution is -2.22. The van der Waals surface area contributed by atoms with Gasteiger partial charge in [0.2, 0.25) is 0 Å². The van der Waals surface area contributed by atoms with E-state index in [1.807, 2.05) is 17.5 Å². The lowest BCUT2D eigenvalue weighted by atomic mass is 10.5. The molecule has 0 amide bonds. The summed E-state index contributed by atoms with van der Waals surface area (Å²) < 4.78 is 26.3. The molecule has 0 aliphatic heterocycles. The molecule has 0 aliphatic carbocycles. The first-order valence-corrected chi connectivity index (χ1v) is 7.89. The summed E-state index contributed by atoms with van der Waals surface area (Å²) in [6, 6.07) is 3.70. The number of H-pyrrole nitrogens is 1. The van der Waals surface area contributed by atoms with E-state index in [1.165, 1.54) is 11.3 Å². The Balaban J connectivity index is 2.20. The van der Waals surface area contributed by atoms with Gasteiger partial charge in [-0.3, -0.25) is 4.79 Å². The first-order valence-electron chi connectivity index (χ1n) is 4.71. The van der Waals surface area contributed by atoms with Crippen LogP contribution in [0.4, 0.5) is 0 Å². The van der Waals surface area contributed by atoms with Crippen LogP contribution < -0.4 is 9.60 Å². The molecule has 2 aromatic rings. The third kappa shape index (κ3) is 2.83. The average molecular weight is 290 g/mol. The maximum atomic E-state index is 11.9. The molecular formula is C9H10N2O3S3. The van der Waals surface area contributed by atoms with E-state index in [0.717, 1.165) is 4.88 Å². The molecule has 0 saturated heterocycles. The summed E-state index contributed by atoms with van der Waals surface area (Å²) in [5.41, 5.74) is 0.374. The van der Waals surface area contributed by atoms with Crippen molar-refractivity contribution in [2.45, 2.75) is 17.7 Å². The number of aryl methyl sites for hydroxylation is 1. The van der Waals surface area contributed by atoms with Crippen molar-refractivity contribution in [3.05, 3.63) is 37.8 Å². The Morgan fingerprint density at radius 2 is 2.24 bits per heavy atom. The van der Waals surface area contributed by atoms with Crippen LogP contribution in [0.3, 0.4) is 0 Å². The third-order valence-electron chi connectivity index (χ3n) is 2.04. The lowest BCUT2D eigenvalue weighted by molar-refractivity contribution is 0.583. The fraction of sp³-hybridized carbons (Fsp3) is 0.222. The molecule has 2 rings (SSSR count). The molecule has 0 fully saturated rings. The smallest absolute Gasteiger partial charge is 0.305 e. The van der Waals surface area contributed by atoms with Crippen molar-refractivity contribution in [3.63, 3.8) is 0 Å². The summed E-state index contributed by atoms with van der Waals surface area (Å²) in [5, 5.41) is 1.88. The third-order valence-corrected chi connectivity index (χ3v) is 5.92. The van der Waals surface area contributed by atoms with Gasteiger partial charge in [0, 0.05) is 17.1 Å². The van der Waals surface area contributed by atoms with Crippen LogP contribution in [0, 0.1) is 6.92 Å². The molecule has 2 N–H and O–H groups in total. The second kappa shape index (κ2) is 4.73. The Labute approximate surface area is 106 Å². The Morgan fingerprint density at radius 3 is 2.76 bits per heavy atom. The fourth-order valence-electron chi connectivity index (χ4n) is 1.29. The second-order valence-electron chi connectivity index (χ2n) is 3.33. The molecular weight excluding hydrogens is 280 g/mol. The van der Waals surface area contributed by atoms with Gasteiger partial charge in [0.25, 0.3) is 10.0 Å². The van der Waals surface area contributed by atoms with E-state index in [2.05, 4.69) is 9.71 Å². The number of nitrogens with one attached hydrogen (secondary N) is 2. The quantitative estimate of drug-likeness (QED) is 0.890. The van der Waals surface area contributed by atoms with Crippen LogP contribution in [-0.4, -0.2) is 13.4 Å². The van der Waals surface area contributed by atoms with Gasteiger partial charge in [0.05, 0.1) is 0 Å². The largest absolute Gasteiger partial charge is 0.315 e. The summed E-state index contributed by atoms with van der Waals surface area (Å²) in [6.45, 7) is 1.81. The van der Waals surface area contributed by atoms with Crippen molar-refractivity contribution < 1.29 is 8.42 Å². The molecule has 92 valence electrons. The predicted molar refractivity (Wildman–Crippen MR) is 68.0 cm³/mol. The highest BCUT2D eigenvalue weighted by atomic mass is 32.2. The second-order valence-corrected chi connectivity index (χ2v) is 7.31. The number of thiophene rings is 1. The highest BCUT2D eigenvalue weighted by Gasteiger charge is 2.20. The van der Waals surface area contributed by atoms with Crippen LogP contribution in [0.2, 0.25) is 0 Å². The van der Waals surface area contributed by atoms with Crippen LogP contribution in [0.25, 0.3) is 0 Å². The van der Waals surface area contributed by atoms with Crippen molar-refractivity contribution in [2.24, 2.45) is 0 Å². The topological polar surface area (TPSA) is 79.0 Å². The monoisotopic (exact) mass is 290 g/mol. The zero-order valence-corrected chi connectivity index (χ0v) is 11.3. The summed E-state index contributed by atoms with van der Waals surface area (Å²) >= 11 is 2.18. The molecule has 0 saturated carbocycles. The zero-order chi connectivity index (χ0) is 12.5. The van der Waals surface area contributed by atoms with Gasteiger partial charge in [-0.05, 0) is 18.4 Å². The van der Waals surface area contributed by atoms with Crippen LogP contribution in [0.5, 0.6) is 0 Å². The van der Waals surface area contributed by atoms with E-state index in [9.17, 15) is 13.2 Å². The van der Waals surface area contributed by atoms with E-state index in [4.69, 9.17) is 0 Å². The first kappa shape index (κ1) is 12.5. The number of sulfonamides is 1. The average Bonchev–Trinajstić information content (AvgIpc) is 2.85. The molecule has 0 aliphatic rings. The molecule has 0 aromatic carbocycles. The van der Waals surface area contributed by atoms with Gasteiger partial charge in [-0.15, -0.1) is 11.3 Å². The van der Waals surface area contributed by atoms with Crippen molar-refractivity contribution in [3.8, 4) is 0 Å². The molecule has 0 atom stereocenters. The number of aromatic nitrogens is 1. The van der Waals surface area contributed by atoms with E-state index >= 15 is 0 Å². The van der Waals surface area contributed by atoms with Gasteiger partial charge in [-0.25, -0.2) is 13.1 Å². The minimum absolute atomic E-state index is 0.0547. The number of rotatable bonds is 4. The number of hydrogen-bond acceptors (Lipinski definition) is 5.